The minimum absolute atomic E-state index is 0.154. The third kappa shape index (κ3) is 3.68. The maximum absolute atomic E-state index is 11.9. The van der Waals surface area contributed by atoms with Gasteiger partial charge in [-0.1, -0.05) is 18.5 Å². The minimum Gasteiger partial charge on any atom is -0.348 e. The van der Waals surface area contributed by atoms with Crippen LogP contribution in [-0.4, -0.2) is 28.9 Å². The maximum atomic E-state index is 11.9. The Morgan fingerprint density at radius 1 is 1.69 bits per heavy atom. The lowest BCUT2D eigenvalue weighted by atomic mass is 10.2. The third-order valence-electron chi connectivity index (χ3n) is 2.21. The summed E-state index contributed by atoms with van der Waals surface area (Å²) in [7, 11) is 0. The van der Waals surface area contributed by atoms with Gasteiger partial charge in [0, 0.05) is 24.2 Å². The number of hydrogen-bond acceptors (Lipinski definition) is 3. The van der Waals surface area contributed by atoms with Crippen molar-refractivity contribution in [3.05, 3.63) is 29.0 Å². The molecule has 88 valence electrons. The predicted octanol–water partition coefficient (Wildman–Crippen LogP) is 2.61. The monoisotopic (exact) mass is 258 g/mol. The van der Waals surface area contributed by atoms with Gasteiger partial charge >= 0.3 is 0 Å². The normalized spacial score (nSPS) is 12.2. The second-order valence-electron chi connectivity index (χ2n) is 3.39. The molecule has 5 heteroatoms. The van der Waals surface area contributed by atoms with Crippen LogP contribution in [-0.2, 0) is 0 Å². The molecule has 3 nitrogen and oxygen atoms in total. The molecular weight excluding hydrogens is 244 g/mol. The fourth-order valence-electron chi connectivity index (χ4n) is 1.27. The molecule has 0 bridgehead atoms. The van der Waals surface area contributed by atoms with Crippen molar-refractivity contribution in [1.29, 1.82) is 0 Å². The molecule has 1 atom stereocenters. The highest BCUT2D eigenvalue weighted by Crippen LogP contribution is 2.13. The number of aromatic nitrogens is 1. The Labute approximate surface area is 105 Å². The van der Waals surface area contributed by atoms with Crippen molar-refractivity contribution >= 4 is 29.3 Å². The summed E-state index contributed by atoms with van der Waals surface area (Å²) in [6.07, 6.45) is 5.98. The Hall–Kier alpha value is -0.740. The van der Waals surface area contributed by atoms with Gasteiger partial charge in [-0.15, -0.1) is 0 Å². The summed E-state index contributed by atoms with van der Waals surface area (Å²) >= 11 is 7.63. The van der Waals surface area contributed by atoms with Crippen molar-refractivity contribution < 1.29 is 4.79 Å². The molecule has 0 fully saturated rings. The first-order valence-electron chi connectivity index (χ1n) is 5.08. The number of pyridine rings is 1. The van der Waals surface area contributed by atoms with Crippen LogP contribution in [0.4, 0.5) is 0 Å². The fraction of sp³-hybridized carbons (Fsp3) is 0.455. The van der Waals surface area contributed by atoms with Gasteiger partial charge in [0.05, 0.1) is 10.6 Å². The number of rotatable bonds is 5. The van der Waals surface area contributed by atoms with Crippen LogP contribution >= 0.6 is 23.4 Å². The van der Waals surface area contributed by atoms with Gasteiger partial charge < -0.3 is 5.32 Å². The van der Waals surface area contributed by atoms with E-state index in [9.17, 15) is 4.79 Å². The highest BCUT2D eigenvalue weighted by Gasteiger charge is 2.14. The lowest BCUT2D eigenvalue weighted by Gasteiger charge is -2.15. The second kappa shape index (κ2) is 6.76. The zero-order valence-corrected chi connectivity index (χ0v) is 10.9. The average Bonchev–Trinajstić information content (AvgIpc) is 2.28. The Balaban J connectivity index is 2.68. The molecule has 0 radical (unpaired) electrons. The van der Waals surface area contributed by atoms with Crippen LogP contribution in [0.3, 0.4) is 0 Å². The number of carbonyl (C=O) groups is 1. The van der Waals surface area contributed by atoms with Crippen LogP contribution in [0.15, 0.2) is 18.5 Å². The average molecular weight is 259 g/mol. The largest absolute Gasteiger partial charge is 0.348 e. The quantitative estimate of drug-likeness (QED) is 0.883. The Morgan fingerprint density at radius 3 is 3.00 bits per heavy atom. The lowest BCUT2D eigenvalue weighted by Crippen LogP contribution is -2.36. The third-order valence-corrected chi connectivity index (χ3v) is 3.27. The maximum Gasteiger partial charge on any atom is 0.254 e. The van der Waals surface area contributed by atoms with E-state index in [1.54, 1.807) is 24.0 Å². The number of halogens is 1. The zero-order valence-electron chi connectivity index (χ0n) is 9.37. The molecule has 1 aromatic rings. The van der Waals surface area contributed by atoms with Gasteiger partial charge in [-0.2, -0.15) is 11.8 Å². The zero-order chi connectivity index (χ0) is 12.0. The number of hydrogen-bond donors (Lipinski definition) is 1. The van der Waals surface area contributed by atoms with Crippen LogP contribution < -0.4 is 5.32 Å². The molecule has 0 aromatic carbocycles. The Morgan fingerprint density at radius 2 is 2.44 bits per heavy atom. The Bertz CT molecular complexity index is 360. The van der Waals surface area contributed by atoms with E-state index in [2.05, 4.69) is 10.3 Å². The SMILES string of the molecule is CCC(CSC)NC(=O)c1cnccc1Cl. The van der Waals surface area contributed by atoms with E-state index in [1.165, 1.54) is 6.20 Å². The van der Waals surface area contributed by atoms with Gasteiger partial charge in [0.1, 0.15) is 0 Å². The summed E-state index contributed by atoms with van der Waals surface area (Å²) < 4.78 is 0. The van der Waals surface area contributed by atoms with E-state index in [0.29, 0.717) is 10.6 Å². The fourth-order valence-corrected chi connectivity index (χ4v) is 2.18. The van der Waals surface area contributed by atoms with Crippen molar-refractivity contribution in [1.82, 2.24) is 10.3 Å². The molecule has 1 N–H and O–H groups in total. The highest BCUT2D eigenvalue weighted by molar-refractivity contribution is 7.98. The van der Waals surface area contributed by atoms with Crippen molar-refractivity contribution in [2.45, 2.75) is 19.4 Å². The molecule has 1 aromatic heterocycles. The number of amides is 1. The van der Waals surface area contributed by atoms with Crippen molar-refractivity contribution in [3.8, 4) is 0 Å². The topological polar surface area (TPSA) is 42.0 Å². The molecular formula is C11H15ClN2OS. The standard InChI is InChI=1S/C11H15ClN2OS/c1-3-8(7-16-2)14-11(15)9-6-13-5-4-10(9)12/h4-6,8H,3,7H2,1-2H3,(H,14,15). The summed E-state index contributed by atoms with van der Waals surface area (Å²) in [5.74, 6) is 0.749. The summed E-state index contributed by atoms with van der Waals surface area (Å²) in [4.78, 5) is 15.8. The summed E-state index contributed by atoms with van der Waals surface area (Å²) in [6.45, 7) is 2.05. The molecule has 0 aliphatic rings. The number of nitrogens with zero attached hydrogens (tertiary/aromatic N) is 1. The number of nitrogens with one attached hydrogen (secondary N) is 1. The van der Waals surface area contributed by atoms with E-state index in [1.807, 2.05) is 13.2 Å². The van der Waals surface area contributed by atoms with Crippen LogP contribution in [0.5, 0.6) is 0 Å². The molecule has 1 amide bonds. The molecule has 0 aliphatic carbocycles. The van der Waals surface area contributed by atoms with E-state index >= 15 is 0 Å². The highest BCUT2D eigenvalue weighted by atomic mass is 35.5. The second-order valence-corrected chi connectivity index (χ2v) is 4.71. The summed E-state index contributed by atoms with van der Waals surface area (Å²) in [6, 6.07) is 1.80. The van der Waals surface area contributed by atoms with Gasteiger partial charge in [0.15, 0.2) is 0 Å². The van der Waals surface area contributed by atoms with Crippen molar-refractivity contribution in [3.63, 3.8) is 0 Å². The Kier molecular flexibility index (Phi) is 5.63. The smallest absolute Gasteiger partial charge is 0.254 e. The van der Waals surface area contributed by atoms with Crippen LogP contribution in [0.2, 0.25) is 5.02 Å². The van der Waals surface area contributed by atoms with E-state index in [-0.39, 0.29) is 11.9 Å². The van der Waals surface area contributed by atoms with Gasteiger partial charge in [-0.05, 0) is 18.7 Å². The molecule has 0 saturated heterocycles. The van der Waals surface area contributed by atoms with E-state index in [0.717, 1.165) is 12.2 Å². The van der Waals surface area contributed by atoms with Crippen molar-refractivity contribution in [2.75, 3.05) is 12.0 Å². The van der Waals surface area contributed by atoms with Crippen molar-refractivity contribution in [2.24, 2.45) is 0 Å². The molecule has 1 rings (SSSR count). The van der Waals surface area contributed by atoms with E-state index in [4.69, 9.17) is 11.6 Å². The minimum atomic E-state index is -0.154. The van der Waals surface area contributed by atoms with Gasteiger partial charge in [-0.3, -0.25) is 9.78 Å². The van der Waals surface area contributed by atoms with Crippen LogP contribution in [0, 0.1) is 0 Å². The molecule has 0 spiro atoms. The first-order chi connectivity index (χ1) is 7.69. The summed E-state index contributed by atoms with van der Waals surface area (Å²) in [5.41, 5.74) is 0.434. The van der Waals surface area contributed by atoms with Gasteiger partial charge in [-0.25, -0.2) is 0 Å². The first-order valence-corrected chi connectivity index (χ1v) is 6.85. The molecule has 1 unspecified atom stereocenters. The number of thioether (sulfide) groups is 1. The molecule has 16 heavy (non-hydrogen) atoms. The number of carbonyl (C=O) groups excluding carboxylic acids is 1. The van der Waals surface area contributed by atoms with Gasteiger partial charge in [0.25, 0.3) is 5.91 Å². The molecule has 1 heterocycles. The summed E-state index contributed by atoms with van der Waals surface area (Å²) in [5, 5.41) is 3.38. The molecule has 0 aliphatic heterocycles. The van der Waals surface area contributed by atoms with Crippen LogP contribution in [0.1, 0.15) is 23.7 Å². The first kappa shape index (κ1) is 13.3. The van der Waals surface area contributed by atoms with Gasteiger partial charge in [0.2, 0.25) is 0 Å². The lowest BCUT2D eigenvalue weighted by molar-refractivity contribution is 0.0940. The van der Waals surface area contributed by atoms with Crippen LogP contribution in [0.25, 0.3) is 0 Å². The van der Waals surface area contributed by atoms with E-state index < -0.39 is 0 Å². The predicted molar refractivity (Wildman–Crippen MR) is 69.2 cm³/mol. The molecule has 0 saturated carbocycles.